The number of nitrogens with one attached hydrogen (secondary N) is 2. The Hall–Kier alpha value is -3.01. The van der Waals surface area contributed by atoms with E-state index < -0.39 is 32.3 Å². The largest absolute Gasteiger partial charge is 0.379 e. The Morgan fingerprint density at radius 2 is 1.88 bits per heavy atom. The van der Waals surface area contributed by atoms with Gasteiger partial charge in [0.1, 0.15) is 11.4 Å². The molecule has 2 heterocycles. The second-order valence-corrected chi connectivity index (χ2v) is 10.4. The van der Waals surface area contributed by atoms with Crippen LogP contribution in [0.1, 0.15) is 12.0 Å². The van der Waals surface area contributed by atoms with E-state index in [4.69, 9.17) is 9.78 Å². The third kappa shape index (κ3) is 3.66. The average molecular weight is 473 g/mol. The maximum Gasteiger partial charge on any atom is 0.188 e. The third-order valence-electron chi connectivity index (χ3n) is 6.29. The summed E-state index contributed by atoms with van der Waals surface area (Å²) in [6.07, 6.45) is 5.13. The monoisotopic (exact) mass is 472 g/mol. The van der Waals surface area contributed by atoms with Gasteiger partial charge < -0.3 is 15.5 Å². The van der Waals surface area contributed by atoms with Gasteiger partial charge in [0.05, 0.1) is 10.9 Å². The van der Waals surface area contributed by atoms with Gasteiger partial charge in [0, 0.05) is 36.8 Å². The fourth-order valence-electron chi connectivity index (χ4n) is 4.62. The van der Waals surface area contributed by atoms with Crippen molar-refractivity contribution in [2.75, 3.05) is 25.0 Å². The molecule has 2 N–H and O–H groups in total. The summed E-state index contributed by atoms with van der Waals surface area (Å²) in [7, 11) is -3.93. The minimum absolute atomic E-state index is 0.160. The maximum atomic E-state index is 14.3. The van der Waals surface area contributed by atoms with Crippen LogP contribution in [0, 0.1) is 11.6 Å². The number of allylic oxidation sites excluding steroid dienone is 4. The Morgan fingerprint density at radius 1 is 1.06 bits per heavy atom. The Balaban J connectivity index is 1.60. The van der Waals surface area contributed by atoms with Gasteiger partial charge in [-0.1, -0.05) is 30.3 Å². The number of hydrogen-bond donors (Lipinski definition) is 2. The van der Waals surface area contributed by atoms with Gasteiger partial charge in [0.2, 0.25) is 0 Å². The first kappa shape index (κ1) is 21.8. The zero-order chi connectivity index (χ0) is 23.1. The molecule has 6 nitrogen and oxygen atoms in total. The van der Waals surface area contributed by atoms with Crippen LogP contribution < -0.4 is 10.6 Å². The van der Waals surface area contributed by atoms with Gasteiger partial charge in [-0.05, 0) is 35.9 Å². The predicted molar refractivity (Wildman–Crippen MR) is 120 cm³/mol. The summed E-state index contributed by atoms with van der Waals surface area (Å²) in [6, 6.07) is 11.8. The number of sulfone groups is 1. The zero-order valence-corrected chi connectivity index (χ0v) is 18.4. The Kier molecular flexibility index (Phi) is 5.55. The van der Waals surface area contributed by atoms with Crippen LogP contribution in [0.5, 0.6) is 0 Å². The van der Waals surface area contributed by atoms with Gasteiger partial charge in [0.15, 0.2) is 27.2 Å². The molecule has 1 aliphatic carbocycles. The molecule has 0 bridgehead atoms. The highest BCUT2D eigenvalue weighted by atomic mass is 32.2. The highest BCUT2D eigenvalue weighted by Crippen LogP contribution is 2.44. The number of anilines is 1. The highest BCUT2D eigenvalue weighted by molar-refractivity contribution is 7.96. The molecule has 0 spiro atoms. The predicted octanol–water partition coefficient (Wildman–Crippen LogP) is 3.72. The smallest absolute Gasteiger partial charge is 0.188 e. The molecule has 2 aliphatic heterocycles. The van der Waals surface area contributed by atoms with Crippen molar-refractivity contribution in [3.63, 3.8) is 0 Å². The van der Waals surface area contributed by atoms with Crippen molar-refractivity contribution in [3.8, 4) is 0 Å². The average Bonchev–Trinajstić information content (AvgIpc) is 3.26. The highest BCUT2D eigenvalue weighted by Gasteiger charge is 2.56. The molecule has 5 rings (SSSR count). The molecule has 2 aromatic carbocycles. The van der Waals surface area contributed by atoms with Gasteiger partial charge >= 0.3 is 0 Å². The van der Waals surface area contributed by atoms with Crippen LogP contribution in [-0.4, -0.2) is 34.2 Å². The topological polar surface area (TPSA) is 76.7 Å². The van der Waals surface area contributed by atoms with Crippen molar-refractivity contribution in [1.82, 2.24) is 5.32 Å². The standard InChI is InChI=1S/C24H22F2N2O4S/c25-20-8-6-18(13-21(20)26)28-23-14-27-15-24(23,17-4-2-1-3-5-17)33(29,30)19-7-9-22-16(12-19)10-11-31-32-22/h1-10,13,23,27-28H,11-12,14-15H2. The lowest BCUT2D eigenvalue weighted by Gasteiger charge is -2.37. The van der Waals surface area contributed by atoms with E-state index in [0.717, 1.165) is 17.7 Å². The second kappa shape index (κ2) is 8.40. The van der Waals surface area contributed by atoms with Crippen LogP contribution in [0.25, 0.3) is 0 Å². The van der Waals surface area contributed by atoms with Gasteiger partial charge in [-0.15, -0.1) is 0 Å². The third-order valence-corrected chi connectivity index (χ3v) is 8.89. The van der Waals surface area contributed by atoms with Crippen LogP contribution in [0.15, 0.2) is 83.0 Å². The lowest BCUT2D eigenvalue weighted by atomic mass is 9.92. The van der Waals surface area contributed by atoms with Crippen LogP contribution in [0.2, 0.25) is 0 Å². The molecule has 0 saturated carbocycles. The first-order valence-electron chi connectivity index (χ1n) is 10.5. The number of rotatable bonds is 5. The molecule has 2 unspecified atom stereocenters. The zero-order valence-electron chi connectivity index (χ0n) is 17.6. The van der Waals surface area contributed by atoms with Crippen LogP contribution >= 0.6 is 0 Å². The molecular formula is C24H22F2N2O4S. The molecule has 2 atom stereocenters. The van der Waals surface area contributed by atoms with Crippen molar-refractivity contribution in [3.05, 3.63) is 100 Å². The first-order valence-corrected chi connectivity index (χ1v) is 12.0. The fourth-order valence-corrected chi connectivity index (χ4v) is 6.94. The molecule has 2 aromatic rings. The van der Waals surface area contributed by atoms with Crippen LogP contribution in [0.3, 0.4) is 0 Å². The lowest BCUT2D eigenvalue weighted by Crippen LogP contribution is -2.50. The van der Waals surface area contributed by atoms with E-state index in [-0.39, 0.29) is 24.5 Å². The molecule has 0 radical (unpaired) electrons. The minimum atomic E-state index is -3.93. The van der Waals surface area contributed by atoms with E-state index in [1.54, 1.807) is 42.5 Å². The van der Waals surface area contributed by atoms with Gasteiger partial charge in [-0.2, -0.15) is 4.89 Å². The van der Waals surface area contributed by atoms with Crippen LogP contribution in [-0.2, 0) is 24.4 Å². The van der Waals surface area contributed by atoms with E-state index in [1.807, 2.05) is 6.07 Å². The van der Waals surface area contributed by atoms with Crippen molar-refractivity contribution < 1.29 is 27.0 Å². The van der Waals surface area contributed by atoms with E-state index in [2.05, 4.69) is 10.6 Å². The summed E-state index contributed by atoms with van der Waals surface area (Å²) in [6.45, 7) is 0.722. The van der Waals surface area contributed by atoms with Crippen molar-refractivity contribution in [2.24, 2.45) is 0 Å². The molecule has 0 aromatic heterocycles. The van der Waals surface area contributed by atoms with Crippen LogP contribution in [0.4, 0.5) is 14.5 Å². The summed E-state index contributed by atoms with van der Waals surface area (Å²) < 4.78 is 54.5. The number of hydrogen-bond acceptors (Lipinski definition) is 6. The number of benzene rings is 2. The van der Waals surface area contributed by atoms with Gasteiger partial charge in [-0.25, -0.2) is 17.2 Å². The number of halogens is 2. The Labute approximate surface area is 190 Å². The Morgan fingerprint density at radius 3 is 2.67 bits per heavy atom. The van der Waals surface area contributed by atoms with Crippen molar-refractivity contribution in [2.45, 2.75) is 17.2 Å². The molecule has 172 valence electrons. The number of fused-ring (bicyclic) bond motifs is 1. The van der Waals surface area contributed by atoms with E-state index in [1.165, 1.54) is 6.07 Å². The molecule has 1 saturated heterocycles. The summed E-state index contributed by atoms with van der Waals surface area (Å²) in [5.74, 6) is -1.47. The second-order valence-electron chi connectivity index (χ2n) is 8.15. The van der Waals surface area contributed by atoms with Crippen molar-refractivity contribution in [1.29, 1.82) is 0 Å². The summed E-state index contributed by atoms with van der Waals surface area (Å²) in [5.41, 5.74) is 1.67. The minimum Gasteiger partial charge on any atom is -0.379 e. The summed E-state index contributed by atoms with van der Waals surface area (Å²) >= 11 is 0. The molecule has 33 heavy (non-hydrogen) atoms. The summed E-state index contributed by atoms with van der Waals surface area (Å²) in [4.78, 5) is 10.4. The SMILES string of the molecule is O=S(=O)(C1=CC=C2OOCC=C2C1)C1(c2ccccc2)CNCC1Nc1ccc(F)c(F)c1. The van der Waals surface area contributed by atoms with Gasteiger partial charge in [0.25, 0.3) is 0 Å². The Bertz CT molecular complexity index is 1270. The first-order chi connectivity index (χ1) is 15.9. The summed E-state index contributed by atoms with van der Waals surface area (Å²) in [5, 5.41) is 6.35. The molecule has 3 aliphatic rings. The molecular weight excluding hydrogens is 450 g/mol. The quantitative estimate of drug-likeness (QED) is 0.646. The maximum absolute atomic E-state index is 14.3. The fraction of sp³-hybridized carbons (Fsp3) is 0.250. The molecule has 0 amide bonds. The van der Waals surface area contributed by atoms with Crippen molar-refractivity contribution >= 4 is 15.5 Å². The molecule has 1 fully saturated rings. The normalized spacial score (nSPS) is 24.8. The van der Waals surface area contributed by atoms with Gasteiger partial charge in [-0.3, -0.25) is 0 Å². The lowest BCUT2D eigenvalue weighted by molar-refractivity contribution is -0.255. The van der Waals surface area contributed by atoms with E-state index in [0.29, 0.717) is 23.6 Å². The van der Waals surface area contributed by atoms with E-state index >= 15 is 0 Å². The van der Waals surface area contributed by atoms with E-state index in [9.17, 15) is 17.2 Å². The molecule has 9 heteroatoms.